The number of ketones is 1. The van der Waals surface area contributed by atoms with E-state index >= 15 is 0 Å². The fraction of sp³-hybridized carbons (Fsp3) is 0.300. The first-order chi connectivity index (χ1) is 6.11. The maximum Gasteiger partial charge on any atom is 0.146 e. The molecule has 3 heteroatoms. The molecule has 0 aromatic heterocycles. The van der Waals surface area contributed by atoms with Gasteiger partial charge in [-0.25, -0.2) is 0 Å². The van der Waals surface area contributed by atoms with E-state index in [9.17, 15) is 4.79 Å². The van der Waals surface area contributed by atoms with Gasteiger partial charge in [0.2, 0.25) is 0 Å². The average molecular weight is 198 g/mol. The molecular weight excluding hydrogens is 186 g/mol. The zero-order valence-corrected chi connectivity index (χ0v) is 8.21. The van der Waals surface area contributed by atoms with Crippen molar-refractivity contribution in [2.75, 3.05) is 0 Å². The van der Waals surface area contributed by atoms with Gasteiger partial charge in [0.1, 0.15) is 5.78 Å². The molecule has 0 saturated carbocycles. The van der Waals surface area contributed by atoms with Crippen molar-refractivity contribution in [3.8, 4) is 0 Å². The Balaban J connectivity index is 2.74. The molecule has 0 aliphatic carbocycles. The second kappa shape index (κ2) is 4.40. The van der Waals surface area contributed by atoms with Crippen LogP contribution in [0.4, 0.5) is 0 Å². The number of hydrogen-bond donors (Lipinski definition) is 1. The second-order valence-corrected chi connectivity index (χ2v) is 3.42. The van der Waals surface area contributed by atoms with Crippen LogP contribution in [-0.2, 0) is 11.2 Å². The number of benzene rings is 1. The third-order valence-electron chi connectivity index (χ3n) is 1.92. The quantitative estimate of drug-likeness (QED) is 0.803. The molecule has 0 heterocycles. The highest BCUT2D eigenvalue weighted by molar-refractivity contribution is 6.31. The summed E-state index contributed by atoms with van der Waals surface area (Å²) in [5.41, 5.74) is 6.53. The van der Waals surface area contributed by atoms with Crippen molar-refractivity contribution in [1.82, 2.24) is 0 Å². The maximum atomic E-state index is 10.9. The van der Waals surface area contributed by atoms with Crippen molar-refractivity contribution in [3.05, 3.63) is 34.9 Å². The molecule has 0 radical (unpaired) electrons. The molecule has 1 aromatic rings. The second-order valence-electron chi connectivity index (χ2n) is 3.01. The third kappa shape index (κ3) is 2.83. The monoisotopic (exact) mass is 197 g/mol. The fourth-order valence-corrected chi connectivity index (χ4v) is 1.26. The van der Waals surface area contributed by atoms with Gasteiger partial charge >= 0.3 is 0 Å². The minimum atomic E-state index is -0.445. The first kappa shape index (κ1) is 10.2. The molecule has 0 unspecified atom stereocenters. The van der Waals surface area contributed by atoms with Crippen molar-refractivity contribution in [1.29, 1.82) is 0 Å². The van der Waals surface area contributed by atoms with Crippen LogP contribution in [0.5, 0.6) is 0 Å². The first-order valence-corrected chi connectivity index (χ1v) is 4.48. The van der Waals surface area contributed by atoms with Gasteiger partial charge in [0.25, 0.3) is 0 Å². The minimum Gasteiger partial charge on any atom is -0.321 e. The van der Waals surface area contributed by atoms with E-state index in [-0.39, 0.29) is 5.78 Å². The highest BCUT2D eigenvalue weighted by Crippen LogP contribution is 2.16. The van der Waals surface area contributed by atoms with Crippen molar-refractivity contribution in [3.63, 3.8) is 0 Å². The van der Waals surface area contributed by atoms with Crippen LogP contribution >= 0.6 is 11.6 Å². The van der Waals surface area contributed by atoms with Crippen LogP contribution in [-0.4, -0.2) is 11.8 Å². The van der Waals surface area contributed by atoms with Gasteiger partial charge < -0.3 is 5.73 Å². The van der Waals surface area contributed by atoms with Crippen LogP contribution in [0.2, 0.25) is 5.02 Å². The minimum absolute atomic E-state index is 0.0140. The van der Waals surface area contributed by atoms with E-state index < -0.39 is 6.04 Å². The zero-order chi connectivity index (χ0) is 9.84. The van der Waals surface area contributed by atoms with Crippen LogP contribution in [0.1, 0.15) is 12.5 Å². The summed E-state index contributed by atoms with van der Waals surface area (Å²) < 4.78 is 0. The normalized spacial score (nSPS) is 12.5. The van der Waals surface area contributed by atoms with E-state index in [2.05, 4.69) is 0 Å². The van der Waals surface area contributed by atoms with Gasteiger partial charge in [0.15, 0.2) is 0 Å². The summed E-state index contributed by atoms with van der Waals surface area (Å²) >= 11 is 5.91. The molecule has 0 amide bonds. The van der Waals surface area contributed by atoms with Crippen LogP contribution in [0.15, 0.2) is 24.3 Å². The molecule has 2 nitrogen and oxygen atoms in total. The Labute approximate surface area is 82.7 Å². The first-order valence-electron chi connectivity index (χ1n) is 4.10. The van der Waals surface area contributed by atoms with Crippen LogP contribution in [0.25, 0.3) is 0 Å². The lowest BCUT2D eigenvalue weighted by atomic mass is 10.0. The smallest absolute Gasteiger partial charge is 0.146 e. The lowest BCUT2D eigenvalue weighted by molar-refractivity contribution is -0.118. The van der Waals surface area contributed by atoms with Gasteiger partial charge in [0.05, 0.1) is 6.04 Å². The van der Waals surface area contributed by atoms with Crippen LogP contribution in [0.3, 0.4) is 0 Å². The molecule has 70 valence electrons. The molecule has 0 spiro atoms. The summed E-state index contributed by atoms with van der Waals surface area (Å²) in [5.74, 6) is -0.0140. The topological polar surface area (TPSA) is 43.1 Å². The Kier molecular flexibility index (Phi) is 3.46. The van der Waals surface area contributed by atoms with Gasteiger partial charge in [-0.05, 0) is 25.0 Å². The van der Waals surface area contributed by atoms with Crippen LogP contribution in [0, 0.1) is 0 Å². The average Bonchev–Trinajstić information content (AvgIpc) is 2.08. The van der Waals surface area contributed by atoms with Crippen molar-refractivity contribution >= 4 is 17.4 Å². The van der Waals surface area contributed by atoms with Gasteiger partial charge in [-0.3, -0.25) is 4.79 Å². The van der Waals surface area contributed by atoms with Gasteiger partial charge in [0, 0.05) is 5.02 Å². The largest absolute Gasteiger partial charge is 0.321 e. The van der Waals surface area contributed by atoms with E-state index in [1.165, 1.54) is 6.92 Å². The molecule has 0 bridgehead atoms. The lowest BCUT2D eigenvalue weighted by Crippen LogP contribution is -2.30. The summed E-state index contributed by atoms with van der Waals surface area (Å²) in [4.78, 5) is 10.9. The number of rotatable bonds is 3. The summed E-state index contributed by atoms with van der Waals surface area (Å²) in [5, 5.41) is 0.666. The van der Waals surface area contributed by atoms with Crippen molar-refractivity contribution in [2.45, 2.75) is 19.4 Å². The number of nitrogens with two attached hydrogens (primary N) is 1. The molecule has 1 atom stereocenters. The Bertz CT molecular complexity index is 312. The molecule has 1 rings (SSSR count). The van der Waals surface area contributed by atoms with Crippen LogP contribution < -0.4 is 5.73 Å². The van der Waals surface area contributed by atoms with E-state index in [0.717, 1.165) is 5.56 Å². The predicted molar refractivity (Wildman–Crippen MR) is 53.8 cm³/mol. The Hall–Kier alpha value is -0.860. The number of halogens is 1. The number of carbonyl (C=O) groups is 1. The molecule has 0 aliphatic heterocycles. The van der Waals surface area contributed by atoms with Crippen molar-refractivity contribution < 1.29 is 4.79 Å². The summed E-state index contributed by atoms with van der Waals surface area (Å²) in [6, 6.07) is 6.97. The number of Topliss-reactive ketones (excluding diaryl/α,β-unsaturated/α-hetero) is 1. The molecule has 0 saturated heterocycles. The van der Waals surface area contributed by atoms with E-state index in [1.54, 1.807) is 6.07 Å². The van der Waals surface area contributed by atoms with E-state index in [1.807, 2.05) is 18.2 Å². The lowest BCUT2D eigenvalue weighted by Gasteiger charge is -2.08. The fourth-order valence-electron chi connectivity index (χ4n) is 1.04. The molecule has 13 heavy (non-hydrogen) atoms. The molecule has 0 aliphatic rings. The van der Waals surface area contributed by atoms with E-state index in [4.69, 9.17) is 17.3 Å². The standard InChI is InChI=1S/C10H12ClNO/c1-7(13)10(12)6-8-4-2-3-5-9(8)11/h2-5,10H,6,12H2,1H3/t10-/m0/s1. The summed E-state index contributed by atoms with van der Waals surface area (Å²) in [6.07, 6.45) is 0.509. The number of hydrogen-bond acceptors (Lipinski definition) is 2. The third-order valence-corrected chi connectivity index (χ3v) is 2.29. The molecular formula is C10H12ClNO. The van der Waals surface area contributed by atoms with Gasteiger partial charge in [-0.2, -0.15) is 0 Å². The van der Waals surface area contributed by atoms with Crippen molar-refractivity contribution in [2.24, 2.45) is 5.73 Å². The Morgan fingerprint density at radius 1 is 1.54 bits per heavy atom. The van der Waals surface area contributed by atoms with E-state index in [0.29, 0.717) is 11.4 Å². The molecule has 0 fully saturated rings. The predicted octanol–water partition coefficient (Wildman–Crippen LogP) is 1.80. The van der Waals surface area contributed by atoms with Gasteiger partial charge in [-0.15, -0.1) is 0 Å². The highest BCUT2D eigenvalue weighted by Gasteiger charge is 2.10. The maximum absolute atomic E-state index is 10.9. The zero-order valence-electron chi connectivity index (χ0n) is 7.46. The number of carbonyl (C=O) groups excluding carboxylic acids is 1. The Morgan fingerprint density at radius 3 is 2.69 bits per heavy atom. The molecule has 2 N–H and O–H groups in total. The highest BCUT2D eigenvalue weighted by atomic mass is 35.5. The SMILES string of the molecule is CC(=O)[C@@H](N)Cc1ccccc1Cl. The molecule has 1 aromatic carbocycles. The summed E-state index contributed by atoms with van der Waals surface area (Å²) in [7, 11) is 0. The summed E-state index contributed by atoms with van der Waals surface area (Å²) in [6.45, 7) is 1.49. The Morgan fingerprint density at radius 2 is 2.15 bits per heavy atom. The van der Waals surface area contributed by atoms with Gasteiger partial charge in [-0.1, -0.05) is 29.8 Å².